The Morgan fingerprint density at radius 3 is 2.88 bits per heavy atom. The Labute approximate surface area is 140 Å². The highest BCUT2D eigenvalue weighted by Crippen LogP contribution is 2.21. The van der Waals surface area contributed by atoms with Crippen LogP contribution in [0.5, 0.6) is 0 Å². The molecule has 2 N–H and O–H groups in total. The summed E-state index contributed by atoms with van der Waals surface area (Å²) >= 11 is 0. The van der Waals surface area contributed by atoms with Crippen LogP contribution in [0, 0.1) is 5.82 Å². The quantitative estimate of drug-likeness (QED) is 0.907. The Bertz CT molecular complexity index is 720. The van der Waals surface area contributed by atoms with Gasteiger partial charge in [-0.3, -0.25) is 4.79 Å². The molecule has 0 radical (unpaired) electrons. The molecular formula is C19H21FN2O2. The molecule has 2 aromatic rings. The van der Waals surface area contributed by atoms with E-state index >= 15 is 0 Å². The zero-order chi connectivity index (χ0) is 16.9. The molecule has 0 unspecified atom stereocenters. The van der Waals surface area contributed by atoms with Gasteiger partial charge in [-0.25, -0.2) is 4.39 Å². The van der Waals surface area contributed by atoms with E-state index in [2.05, 4.69) is 5.32 Å². The summed E-state index contributed by atoms with van der Waals surface area (Å²) in [6.45, 7) is 1.47. The number of β-amino-alcohol motifs (C(OH)–C–C–N with tert-alkyl or cyclic N) is 1. The number of rotatable bonds is 4. The second-order valence-electron chi connectivity index (χ2n) is 6.08. The average molecular weight is 328 g/mol. The molecule has 24 heavy (non-hydrogen) atoms. The molecule has 1 amide bonds. The molecule has 126 valence electrons. The highest BCUT2D eigenvalue weighted by Gasteiger charge is 2.24. The van der Waals surface area contributed by atoms with E-state index in [1.165, 1.54) is 12.1 Å². The summed E-state index contributed by atoms with van der Waals surface area (Å²) < 4.78 is 13.3. The van der Waals surface area contributed by atoms with E-state index < -0.39 is 6.10 Å². The molecule has 1 aliphatic rings. The summed E-state index contributed by atoms with van der Waals surface area (Å²) in [4.78, 5) is 14.4. The maximum Gasteiger partial charge on any atom is 0.256 e. The number of halogens is 1. The van der Waals surface area contributed by atoms with E-state index in [1.807, 2.05) is 24.3 Å². The maximum atomic E-state index is 13.3. The zero-order valence-electron chi connectivity index (χ0n) is 13.4. The molecule has 0 aromatic heterocycles. The van der Waals surface area contributed by atoms with Crippen molar-refractivity contribution in [2.24, 2.45) is 0 Å². The van der Waals surface area contributed by atoms with Crippen molar-refractivity contribution in [3.63, 3.8) is 0 Å². The topological polar surface area (TPSA) is 52.6 Å². The molecule has 1 atom stereocenters. The molecule has 0 aliphatic carbocycles. The number of carbonyl (C=O) groups excluding carboxylic acids is 1. The van der Waals surface area contributed by atoms with Crippen molar-refractivity contribution in [2.45, 2.75) is 25.5 Å². The van der Waals surface area contributed by atoms with Crippen molar-refractivity contribution < 1.29 is 14.3 Å². The molecule has 2 aromatic carbocycles. The van der Waals surface area contributed by atoms with E-state index in [4.69, 9.17) is 0 Å². The minimum atomic E-state index is -0.449. The normalized spacial score (nSPS) is 17.6. The molecule has 5 heteroatoms. The Morgan fingerprint density at radius 2 is 2.08 bits per heavy atom. The number of hydrogen-bond acceptors (Lipinski definition) is 3. The number of nitrogens with zero attached hydrogens (tertiary/aromatic N) is 1. The van der Waals surface area contributed by atoms with Gasteiger partial charge in [0.05, 0.1) is 11.7 Å². The standard InChI is InChI=1S/C19H21FN2O2/c20-15-6-3-5-14(11-15)12-21-18-9-2-1-8-17(18)19(24)22-10-4-7-16(23)13-22/h1-3,5-6,8-9,11,16,21,23H,4,7,10,12-13H2/t16-/m0/s1. The van der Waals surface area contributed by atoms with Gasteiger partial charge in [-0.1, -0.05) is 24.3 Å². The van der Waals surface area contributed by atoms with Crippen LogP contribution in [0.2, 0.25) is 0 Å². The number of piperidine rings is 1. The first kappa shape index (κ1) is 16.5. The van der Waals surface area contributed by atoms with E-state index in [-0.39, 0.29) is 11.7 Å². The average Bonchev–Trinajstić information content (AvgIpc) is 2.60. The van der Waals surface area contributed by atoms with Crippen LogP contribution in [0.15, 0.2) is 48.5 Å². The molecule has 0 bridgehead atoms. The fourth-order valence-electron chi connectivity index (χ4n) is 2.98. The van der Waals surface area contributed by atoms with Crippen LogP contribution in [0.25, 0.3) is 0 Å². The molecule has 1 fully saturated rings. The number of amides is 1. The van der Waals surface area contributed by atoms with E-state index in [9.17, 15) is 14.3 Å². The predicted octanol–water partition coefficient (Wildman–Crippen LogP) is 3.03. The molecule has 4 nitrogen and oxygen atoms in total. The van der Waals surface area contributed by atoms with Crippen molar-refractivity contribution >= 4 is 11.6 Å². The smallest absolute Gasteiger partial charge is 0.256 e. The number of aliphatic hydroxyl groups is 1. The fraction of sp³-hybridized carbons (Fsp3) is 0.316. The first-order valence-corrected chi connectivity index (χ1v) is 8.18. The van der Waals surface area contributed by atoms with Crippen LogP contribution in [0.4, 0.5) is 10.1 Å². The van der Waals surface area contributed by atoms with Crippen molar-refractivity contribution in [3.8, 4) is 0 Å². The van der Waals surface area contributed by atoms with Crippen molar-refractivity contribution in [2.75, 3.05) is 18.4 Å². The molecule has 3 rings (SSSR count). The van der Waals surface area contributed by atoms with Crippen molar-refractivity contribution in [1.29, 1.82) is 0 Å². The van der Waals surface area contributed by atoms with Crippen molar-refractivity contribution in [3.05, 3.63) is 65.5 Å². The second-order valence-corrected chi connectivity index (χ2v) is 6.08. The lowest BCUT2D eigenvalue weighted by Crippen LogP contribution is -2.42. The summed E-state index contributed by atoms with van der Waals surface area (Å²) in [6, 6.07) is 13.7. The third kappa shape index (κ3) is 3.92. The molecule has 0 spiro atoms. The predicted molar refractivity (Wildman–Crippen MR) is 91.3 cm³/mol. The van der Waals surface area contributed by atoms with E-state index in [1.54, 1.807) is 17.0 Å². The van der Waals surface area contributed by atoms with Gasteiger partial charge in [-0.2, -0.15) is 0 Å². The van der Waals surface area contributed by atoms with E-state index in [0.717, 1.165) is 18.4 Å². The van der Waals surface area contributed by atoms with Gasteiger partial charge < -0.3 is 15.3 Å². The first-order valence-electron chi connectivity index (χ1n) is 8.18. The lowest BCUT2D eigenvalue weighted by molar-refractivity contribution is 0.0474. The third-order valence-corrected chi connectivity index (χ3v) is 4.21. The highest BCUT2D eigenvalue weighted by molar-refractivity contribution is 5.99. The lowest BCUT2D eigenvalue weighted by atomic mass is 10.1. The fourth-order valence-corrected chi connectivity index (χ4v) is 2.98. The van der Waals surface area contributed by atoms with Gasteiger partial charge in [-0.05, 0) is 42.7 Å². The van der Waals surface area contributed by atoms with Crippen LogP contribution in [-0.4, -0.2) is 35.1 Å². The Kier molecular flexibility index (Phi) is 5.11. The Morgan fingerprint density at radius 1 is 1.25 bits per heavy atom. The second kappa shape index (κ2) is 7.45. The minimum Gasteiger partial charge on any atom is -0.391 e. The number of para-hydroxylation sites is 1. The minimum absolute atomic E-state index is 0.0870. The molecule has 1 saturated heterocycles. The number of hydrogen-bond donors (Lipinski definition) is 2. The monoisotopic (exact) mass is 328 g/mol. The summed E-state index contributed by atoms with van der Waals surface area (Å²) in [5.41, 5.74) is 2.10. The van der Waals surface area contributed by atoms with Crippen LogP contribution < -0.4 is 5.32 Å². The number of aliphatic hydroxyl groups excluding tert-OH is 1. The largest absolute Gasteiger partial charge is 0.391 e. The van der Waals surface area contributed by atoms with Crippen LogP contribution in [-0.2, 0) is 6.54 Å². The van der Waals surface area contributed by atoms with Gasteiger partial charge in [0.25, 0.3) is 5.91 Å². The summed E-state index contributed by atoms with van der Waals surface area (Å²) in [5.74, 6) is -0.364. The van der Waals surface area contributed by atoms with Gasteiger partial charge in [0.2, 0.25) is 0 Å². The third-order valence-electron chi connectivity index (χ3n) is 4.21. The zero-order valence-corrected chi connectivity index (χ0v) is 13.4. The number of benzene rings is 2. The maximum absolute atomic E-state index is 13.3. The SMILES string of the molecule is O=C(c1ccccc1NCc1cccc(F)c1)N1CCC[C@H](O)C1. The number of nitrogens with one attached hydrogen (secondary N) is 1. The molecule has 1 aliphatic heterocycles. The van der Waals surface area contributed by atoms with Crippen LogP contribution in [0.1, 0.15) is 28.8 Å². The Balaban J connectivity index is 1.74. The van der Waals surface area contributed by atoms with Gasteiger partial charge in [0.1, 0.15) is 5.82 Å². The Hall–Kier alpha value is -2.40. The van der Waals surface area contributed by atoms with Gasteiger partial charge in [-0.15, -0.1) is 0 Å². The first-order chi connectivity index (χ1) is 11.6. The molecule has 1 heterocycles. The van der Waals surface area contributed by atoms with E-state index in [0.29, 0.717) is 30.9 Å². The van der Waals surface area contributed by atoms with Gasteiger partial charge >= 0.3 is 0 Å². The van der Waals surface area contributed by atoms with Crippen LogP contribution in [0.3, 0.4) is 0 Å². The molecule has 0 saturated carbocycles. The molecular weight excluding hydrogens is 307 g/mol. The highest BCUT2D eigenvalue weighted by atomic mass is 19.1. The van der Waals surface area contributed by atoms with Crippen LogP contribution >= 0.6 is 0 Å². The van der Waals surface area contributed by atoms with Gasteiger partial charge in [0, 0.05) is 25.3 Å². The van der Waals surface area contributed by atoms with Crippen molar-refractivity contribution in [1.82, 2.24) is 4.90 Å². The number of likely N-dealkylation sites (tertiary alicyclic amines) is 1. The number of anilines is 1. The summed E-state index contributed by atoms with van der Waals surface area (Å²) in [6.07, 6.45) is 1.10. The number of carbonyl (C=O) groups is 1. The van der Waals surface area contributed by atoms with Gasteiger partial charge in [0.15, 0.2) is 0 Å². The lowest BCUT2D eigenvalue weighted by Gasteiger charge is -2.30. The summed E-state index contributed by atoms with van der Waals surface area (Å²) in [7, 11) is 0. The summed E-state index contributed by atoms with van der Waals surface area (Å²) in [5, 5.41) is 13.0.